The second-order valence-electron chi connectivity index (χ2n) is 5.71. The number of nitriles is 1. The Morgan fingerprint density at radius 2 is 2.00 bits per heavy atom. The lowest BCUT2D eigenvalue weighted by molar-refractivity contribution is -0.384. The van der Waals surface area contributed by atoms with Crippen LogP contribution in [0, 0.1) is 21.4 Å². The van der Waals surface area contributed by atoms with Gasteiger partial charge >= 0.3 is 0 Å². The summed E-state index contributed by atoms with van der Waals surface area (Å²) in [4.78, 5) is 17.5. The van der Waals surface area contributed by atoms with Gasteiger partial charge in [0.05, 0.1) is 27.8 Å². The molecule has 0 fully saturated rings. The van der Waals surface area contributed by atoms with Gasteiger partial charge in [-0.3, -0.25) is 10.1 Å². The first kappa shape index (κ1) is 17.3. The number of nitrogens with zero attached hydrogens (tertiary/aromatic N) is 5. The fourth-order valence-electron chi connectivity index (χ4n) is 2.62. The quantitative estimate of drug-likeness (QED) is 0.280. The largest absolute Gasteiger partial charge is 0.493 e. The van der Waals surface area contributed by atoms with Gasteiger partial charge in [0.2, 0.25) is 11.0 Å². The van der Waals surface area contributed by atoms with E-state index in [4.69, 9.17) is 5.26 Å². The molecule has 0 aliphatic heterocycles. The lowest BCUT2D eigenvalue weighted by atomic mass is 10.1. The molecule has 0 saturated carbocycles. The van der Waals surface area contributed by atoms with Gasteiger partial charge in [-0.15, -0.1) is 21.6 Å². The molecular weight excluding hydrogens is 380 g/mol. The monoisotopic (exact) mass is 390 g/mol. The van der Waals surface area contributed by atoms with Crippen molar-refractivity contribution in [2.75, 3.05) is 0 Å². The summed E-state index contributed by atoms with van der Waals surface area (Å²) in [5.41, 5.74) is 2.58. The number of hydrogen-bond donors (Lipinski definition) is 2. The van der Waals surface area contributed by atoms with Gasteiger partial charge in [-0.2, -0.15) is 5.26 Å². The topological polar surface area (TPSA) is 141 Å². The molecule has 0 radical (unpaired) electrons. The smallest absolute Gasteiger partial charge is 0.270 e. The average Bonchev–Trinajstić information content (AvgIpc) is 3.29. The van der Waals surface area contributed by atoms with Crippen molar-refractivity contribution in [1.29, 1.82) is 5.26 Å². The van der Waals surface area contributed by atoms with Gasteiger partial charge < -0.3 is 10.1 Å². The summed E-state index contributed by atoms with van der Waals surface area (Å²) < 4.78 is 0. The second kappa shape index (κ2) is 6.90. The zero-order chi connectivity index (χ0) is 19.7. The highest BCUT2D eigenvalue weighted by molar-refractivity contribution is 7.13. The van der Waals surface area contributed by atoms with Crippen LogP contribution in [-0.4, -0.2) is 20.0 Å². The van der Waals surface area contributed by atoms with E-state index in [1.165, 1.54) is 29.5 Å². The van der Waals surface area contributed by atoms with Gasteiger partial charge in [0, 0.05) is 28.5 Å². The highest BCUT2D eigenvalue weighted by atomic mass is 32.1. The Labute approximate surface area is 161 Å². The minimum Gasteiger partial charge on any atom is -0.493 e. The number of rotatable bonds is 4. The number of nitro groups is 1. The van der Waals surface area contributed by atoms with Crippen molar-refractivity contribution in [2.45, 2.75) is 0 Å². The number of benzene rings is 2. The van der Waals surface area contributed by atoms with E-state index >= 15 is 0 Å². The summed E-state index contributed by atoms with van der Waals surface area (Å²) >= 11 is 1.26. The van der Waals surface area contributed by atoms with Crippen LogP contribution in [-0.2, 0) is 0 Å². The first-order chi connectivity index (χ1) is 13.5. The highest BCUT2D eigenvalue weighted by Gasteiger charge is 2.15. The molecule has 0 amide bonds. The predicted molar refractivity (Wildman–Crippen MR) is 103 cm³/mol. The third kappa shape index (κ3) is 3.17. The maximum Gasteiger partial charge on any atom is 0.270 e. The predicted octanol–water partition coefficient (Wildman–Crippen LogP) is 5.19. The number of fused-ring (bicyclic) bond motifs is 1. The average molecular weight is 390 g/mol. The number of nitrogens with one attached hydrogen (secondary N) is 1. The van der Waals surface area contributed by atoms with Crippen LogP contribution in [0.25, 0.3) is 22.2 Å². The van der Waals surface area contributed by atoms with E-state index < -0.39 is 4.92 Å². The number of aromatic hydroxyl groups is 1. The maximum absolute atomic E-state index is 11.0. The van der Waals surface area contributed by atoms with E-state index in [9.17, 15) is 15.2 Å². The number of non-ortho nitro benzene ring substituents is 1. The summed E-state index contributed by atoms with van der Waals surface area (Å²) in [6.45, 7) is 0. The number of aromatic nitrogens is 2. The van der Waals surface area contributed by atoms with E-state index in [1.54, 1.807) is 29.6 Å². The Morgan fingerprint density at radius 3 is 2.71 bits per heavy atom. The van der Waals surface area contributed by atoms with Gasteiger partial charge in [0.15, 0.2) is 5.69 Å². The van der Waals surface area contributed by atoms with Crippen LogP contribution < -0.4 is 0 Å². The third-order valence-corrected chi connectivity index (χ3v) is 4.71. The lowest BCUT2D eigenvalue weighted by Crippen LogP contribution is -1.86. The number of thiazole rings is 1. The molecule has 4 rings (SSSR count). The van der Waals surface area contributed by atoms with E-state index in [1.807, 2.05) is 0 Å². The van der Waals surface area contributed by atoms with Crippen molar-refractivity contribution in [1.82, 2.24) is 9.97 Å². The molecular formula is C18H10N6O3S. The van der Waals surface area contributed by atoms with Gasteiger partial charge in [0.25, 0.3) is 5.69 Å². The lowest BCUT2D eigenvalue weighted by Gasteiger charge is -1.95. The van der Waals surface area contributed by atoms with Crippen molar-refractivity contribution >= 4 is 38.7 Å². The molecule has 0 aliphatic carbocycles. The Balaban J connectivity index is 1.65. The van der Waals surface area contributed by atoms with E-state index in [2.05, 4.69) is 26.3 Å². The molecule has 2 aromatic carbocycles. The summed E-state index contributed by atoms with van der Waals surface area (Å²) in [5, 5.41) is 40.5. The molecule has 2 aromatic heterocycles. The molecule has 10 heteroatoms. The van der Waals surface area contributed by atoms with Gasteiger partial charge in [-0.1, -0.05) is 12.1 Å². The van der Waals surface area contributed by atoms with Crippen LogP contribution in [0.15, 0.2) is 58.1 Å². The first-order valence-electron chi connectivity index (χ1n) is 7.92. The summed E-state index contributed by atoms with van der Waals surface area (Å²) in [6.07, 6.45) is 0. The Morgan fingerprint density at radius 1 is 1.21 bits per heavy atom. The summed E-state index contributed by atoms with van der Waals surface area (Å²) in [7, 11) is 0. The van der Waals surface area contributed by atoms with Crippen molar-refractivity contribution in [3.63, 3.8) is 0 Å². The van der Waals surface area contributed by atoms with Crippen molar-refractivity contribution in [3.8, 4) is 23.2 Å². The van der Waals surface area contributed by atoms with Crippen LogP contribution in [0.2, 0.25) is 0 Å². The summed E-state index contributed by atoms with van der Waals surface area (Å²) in [6, 6.07) is 13.2. The number of hydrogen-bond acceptors (Lipinski definition) is 8. The third-order valence-electron chi connectivity index (χ3n) is 3.98. The molecule has 0 unspecified atom stereocenters. The van der Waals surface area contributed by atoms with Crippen LogP contribution in [0.4, 0.5) is 16.5 Å². The fraction of sp³-hybridized carbons (Fsp3) is 0. The minimum absolute atomic E-state index is 0.105. The first-order valence-corrected chi connectivity index (χ1v) is 8.80. The molecule has 0 saturated heterocycles. The standard InChI is InChI=1S/C18H10N6O3S/c19-8-10-1-3-11(4-2-10)15-9-28-18(21-15)23-22-16-13-7-12(24(26)27)5-6-14(13)20-17(16)25/h1-7,9,20,25H. The van der Waals surface area contributed by atoms with Crippen LogP contribution in [0.5, 0.6) is 5.88 Å². The molecule has 0 spiro atoms. The molecule has 0 atom stereocenters. The fourth-order valence-corrected chi connectivity index (χ4v) is 3.26. The molecule has 2 heterocycles. The number of azo groups is 1. The highest BCUT2D eigenvalue weighted by Crippen LogP contribution is 2.38. The molecule has 0 bridgehead atoms. The van der Waals surface area contributed by atoms with E-state index in [0.717, 1.165) is 5.56 Å². The Hall–Kier alpha value is -4.10. The number of H-pyrrole nitrogens is 1. The molecule has 0 aliphatic rings. The van der Waals surface area contributed by atoms with Crippen LogP contribution in [0.3, 0.4) is 0 Å². The summed E-state index contributed by atoms with van der Waals surface area (Å²) in [5.74, 6) is -0.233. The second-order valence-corrected chi connectivity index (χ2v) is 6.55. The van der Waals surface area contributed by atoms with Gasteiger partial charge in [0.1, 0.15) is 0 Å². The van der Waals surface area contributed by atoms with E-state index in [0.29, 0.717) is 27.3 Å². The molecule has 4 aromatic rings. The zero-order valence-electron chi connectivity index (χ0n) is 14.0. The van der Waals surface area contributed by atoms with Crippen molar-refractivity contribution in [3.05, 3.63) is 63.5 Å². The zero-order valence-corrected chi connectivity index (χ0v) is 14.8. The van der Waals surface area contributed by atoms with Gasteiger partial charge in [-0.05, 0) is 18.2 Å². The SMILES string of the molecule is N#Cc1ccc(-c2csc(N=Nc3c(O)[nH]c4ccc([N+](=O)[O-])cc34)n2)cc1. The molecule has 28 heavy (non-hydrogen) atoms. The normalized spacial score (nSPS) is 11.1. The Bertz CT molecular complexity index is 1270. The minimum atomic E-state index is -0.519. The maximum atomic E-state index is 11.0. The number of aromatic amines is 1. The molecule has 9 nitrogen and oxygen atoms in total. The van der Waals surface area contributed by atoms with Crippen LogP contribution in [0.1, 0.15) is 5.56 Å². The van der Waals surface area contributed by atoms with Crippen LogP contribution >= 0.6 is 11.3 Å². The van der Waals surface area contributed by atoms with Crippen molar-refractivity contribution in [2.24, 2.45) is 10.2 Å². The Kier molecular flexibility index (Phi) is 4.27. The molecule has 2 N–H and O–H groups in total. The number of nitro benzene ring substituents is 1. The van der Waals surface area contributed by atoms with E-state index in [-0.39, 0.29) is 17.3 Å². The van der Waals surface area contributed by atoms with Crippen molar-refractivity contribution < 1.29 is 10.0 Å². The van der Waals surface area contributed by atoms with Gasteiger partial charge in [-0.25, -0.2) is 4.98 Å². The molecule has 136 valence electrons.